The van der Waals surface area contributed by atoms with Crippen LogP contribution in [0.4, 0.5) is 0 Å². The van der Waals surface area contributed by atoms with Crippen LogP contribution in [0.5, 0.6) is 0 Å². The maximum Gasteiger partial charge on any atom is 0.306 e. The lowest BCUT2D eigenvalue weighted by atomic mass is 9.96. The summed E-state index contributed by atoms with van der Waals surface area (Å²) in [6.45, 7) is 0.802. The maximum absolute atomic E-state index is 12.6. The van der Waals surface area contributed by atoms with Crippen molar-refractivity contribution in [3.05, 3.63) is 11.8 Å². The zero-order valence-corrected chi connectivity index (χ0v) is 17.0. The van der Waals surface area contributed by atoms with Crippen LogP contribution in [0.15, 0.2) is 11.8 Å². The number of likely N-dealkylation sites (tertiary alicyclic amines) is 1. The molecule has 0 aromatic carbocycles. The van der Waals surface area contributed by atoms with Gasteiger partial charge >= 0.3 is 5.97 Å². The molecule has 2 aliphatic rings. The summed E-state index contributed by atoms with van der Waals surface area (Å²) in [5.74, 6) is -1.47. The molecule has 0 radical (unpaired) electrons. The predicted octanol–water partition coefficient (Wildman–Crippen LogP) is 3.98. The Labute approximate surface area is 169 Å². The van der Waals surface area contributed by atoms with Crippen LogP contribution in [-0.2, 0) is 9.59 Å². The van der Waals surface area contributed by atoms with Crippen LogP contribution in [0.1, 0.15) is 83.5 Å². The average Bonchev–Trinajstić information content (AvgIpc) is 2.69. The van der Waals surface area contributed by atoms with Gasteiger partial charge in [-0.3, -0.25) is 9.59 Å². The highest BCUT2D eigenvalue weighted by molar-refractivity contribution is 5.97. The van der Waals surface area contributed by atoms with Crippen LogP contribution in [0.25, 0.3) is 0 Å². The molecule has 6 nitrogen and oxygen atoms in total. The Hall–Kier alpha value is -2.03. The molecule has 1 amide bonds. The van der Waals surface area contributed by atoms with Gasteiger partial charge in [0.15, 0.2) is 0 Å². The number of carbonyl (C=O) groups excluding carboxylic acids is 1. The van der Waals surface area contributed by atoms with Crippen molar-refractivity contribution in [3.63, 3.8) is 0 Å². The van der Waals surface area contributed by atoms with Crippen LogP contribution in [-0.4, -0.2) is 41.0 Å². The zero-order valence-electron chi connectivity index (χ0n) is 17.0. The molecule has 0 spiro atoms. The number of nitrogens with zero attached hydrogens (tertiary/aromatic N) is 2. The normalized spacial score (nSPS) is 21.8. The Kier molecular flexibility index (Phi) is 9.88. The molecule has 0 bridgehead atoms. The first kappa shape index (κ1) is 22.3. The van der Waals surface area contributed by atoms with Crippen LogP contribution in [0.3, 0.4) is 0 Å². The molecule has 1 saturated carbocycles. The molecule has 0 atom stereocenters. The van der Waals surface area contributed by atoms with Crippen molar-refractivity contribution < 1.29 is 14.7 Å². The lowest BCUT2D eigenvalue weighted by molar-refractivity contribution is -0.145. The standard InChI is InChI=1S/C22H35N3O3/c23-16-19(21(26)25-14-12-18(13-15-25)22(27)28)17-24-20-10-8-6-4-2-1-3-5-7-9-11-20/h17-18,20,24H,1-15H2,(H,27,28)/b19-17-. The highest BCUT2D eigenvalue weighted by Gasteiger charge is 2.28. The number of hydrogen-bond acceptors (Lipinski definition) is 4. The number of carboxylic acid groups (broad SMARTS) is 1. The Morgan fingerprint density at radius 3 is 1.86 bits per heavy atom. The first-order chi connectivity index (χ1) is 13.6. The van der Waals surface area contributed by atoms with Gasteiger partial charge in [-0.25, -0.2) is 0 Å². The van der Waals surface area contributed by atoms with Crippen molar-refractivity contribution in [2.45, 2.75) is 89.5 Å². The molecule has 1 aliphatic heterocycles. The Bertz CT molecular complexity index is 562. The molecule has 2 rings (SSSR count). The number of piperidine rings is 1. The third-order valence-electron chi connectivity index (χ3n) is 6.05. The third kappa shape index (κ3) is 7.53. The van der Waals surface area contributed by atoms with Gasteiger partial charge < -0.3 is 15.3 Å². The summed E-state index contributed by atoms with van der Waals surface area (Å²) in [6, 6.07) is 2.35. The molecular formula is C22H35N3O3. The minimum atomic E-state index is -0.799. The SMILES string of the molecule is N#C/C(=C/NC1CCCCCCCCCCC1)C(=O)N1CCC(C(=O)O)CC1. The van der Waals surface area contributed by atoms with E-state index in [1.807, 2.05) is 6.07 Å². The van der Waals surface area contributed by atoms with E-state index in [1.54, 1.807) is 11.1 Å². The molecule has 2 N–H and O–H groups in total. The van der Waals surface area contributed by atoms with Gasteiger partial charge in [-0.2, -0.15) is 5.26 Å². The van der Waals surface area contributed by atoms with E-state index in [9.17, 15) is 14.9 Å². The van der Waals surface area contributed by atoms with Gasteiger partial charge in [-0.1, -0.05) is 57.8 Å². The van der Waals surface area contributed by atoms with E-state index in [1.165, 1.54) is 57.8 Å². The second-order valence-electron chi connectivity index (χ2n) is 8.20. The summed E-state index contributed by atoms with van der Waals surface area (Å²) in [5.41, 5.74) is 0.125. The molecule has 1 heterocycles. The summed E-state index contributed by atoms with van der Waals surface area (Å²) in [5, 5.41) is 21.9. The maximum atomic E-state index is 12.6. The van der Waals surface area contributed by atoms with Crippen molar-refractivity contribution >= 4 is 11.9 Å². The summed E-state index contributed by atoms with van der Waals surface area (Å²) in [6.07, 6.45) is 16.2. The number of aliphatic carboxylic acids is 1. The van der Waals surface area contributed by atoms with E-state index in [2.05, 4.69) is 5.32 Å². The van der Waals surface area contributed by atoms with E-state index >= 15 is 0 Å². The first-order valence-corrected chi connectivity index (χ1v) is 11.0. The molecule has 156 valence electrons. The van der Waals surface area contributed by atoms with Gasteiger partial charge in [0.1, 0.15) is 11.6 Å². The fourth-order valence-electron chi connectivity index (χ4n) is 4.17. The van der Waals surface area contributed by atoms with E-state index in [0.717, 1.165) is 12.8 Å². The van der Waals surface area contributed by atoms with Gasteiger partial charge in [0.25, 0.3) is 5.91 Å². The van der Waals surface area contributed by atoms with Crippen LogP contribution in [0, 0.1) is 17.2 Å². The minimum Gasteiger partial charge on any atom is -0.481 e. The molecule has 0 aromatic rings. The summed E-state index contributed by atoms with van der Waals surface area (Å²) in [7, 11) is 0. The van der Waals surface area contributed by atoms with Gasteiger partial charge in [-0.05, 0) is 25.7 Å². The molecule has 0 unspecified atom stereocenters. The van der Waals surface area contributed by atoms with E-state index in [-0.39, 0.29) is 17.4 Å². The van der Waals surface area contributed by atoms with Gasteiger partial charge in [-0.15, -0.1) is 0 Å². The summed E-state index contributed by atoms with van der Waals surface area (Å²) >= 11 is 0. The monoisotopic (exact) mass is 389 g/mol. The van der Waals surface area contributed by atoms with Crippen molar-refractivity contribution in [3.8, 4) is 6.07 Å². The van der Waals surface area contributed by atoms with Gasteiger partial charge in [0, 0.05) is 25.3 Å². The van der Waals surface area contributed by atoms with E-state index in [0.29, 0.717) is 32.0 Å². The first-order valence-electron chi connectivity index (χ1n) is 11.0. The largest absolute Gasteiger partial charge is 0.481 e. The number of hydrogen-bond donors (Lipinski definition) is 2. The molecule has 1 saturated heterocycles. The molecule has 28 heavy (non-hydrogen) atoms. The second-order valence-corrected chi connectivity index (χ2v) is 8.20. The highest BCUT2D eigenvalue weighted by atomic mass is 16.4. The number of carboxylic acids is 1. The molecule has 1 aliphatic carbocycles. The molecular weight excluding hydrogens is 354 g/mol. The molecule has 0 aromatic heterocycles. The van der Waals surface area contributed by atoms with Crippen molar-refractivity contribution in [2.24, 2.45) is 5.92 Å². The van der Waals surface area contributed by atoms with E-state index < -0.39 is 5.97 Å². The van der Waals surface area contributed by atoms with Crippen molar-refractivity contribution in [2.75, 3.05) is 13.1 Å². The number of amides is 1. The predicted molar refractivity (Wildman–Crippen MR) is 108 cm³/mol. The summed E-state index contributed by atoms with van der Waals surface area (Å²) in [4.78, 5) is 25.3. The zero-order chi connectivity index (χ0) is 20.2. The Balaban J connectivity index is 1.87. The molecule has 6 heteroatoms. The number of rotatable bonds is 4. The van der Waals surface area contributed by atoms with Crippen molar-refractivity contribution in [1.82, 2.24) is 10.2 Å². The van der Waals surface area contributed by atoms with Gasteiger partial charge in [0.05, 0.1) is 5.92 Å². The lowest BCUT2D eigenvalue weighted by Crippen LogP contribution is -2.41. The van der Waals surface area contributed by atoms with Crippen LogP contribution in [0.2, 0.25) is 0 Å². The number of carbonyl (C=O) groups is 2. The van der Waals surface area contributed by atoms with Crippen LogP contribution < -0.4 is 5.32 Å². The highest BCUT2D eigenvalue weighted by Crippen LogP contribution is 2.20. The quantitative estimate of drug-likeness (QED) is 0.560. The Morgan fingerprint density at radius 2 is 1.39 bits per heavy atom. The fourth-order valence-corrected chi connectivity index (χ4v) is 4.17. The average molecular weight is 390 g/mol. The fraction of sp³-hybridized carbons (Fsp3) is 0.773. The topological polar surface area (TPSA) is 93.4 Å². The van der Waals surface area contributed by atoms with Crippen molar-refractivity contribution in [1.29, 1.82) is 5.26 Å². The molecule has 2 fully saturated rings. The van der Waals surface area contributed by atoms with E-state index in [4.69, 9.17) is 5.11 Å². The summed E-state index contributed by atoms with van der Waals surface area (Å²) < 4.78 is 0. The minimum absolute atomic E-state index is 0.125. The third-order valence-corrected chi connectivity index (χ3v) is 6.05. The van der Waals surface area contributed by atoms with Gasteiger partial charge in [0.2, 0.25) is 0 Å². The number of nitrogens with one attached hydrogen (secondary N) is 1. The Morgan fingerprint density at radius 1 is 0.893 bits per heavy atom. The number of nitriles is 1. The van der Waals surface area contributed by atoms with Crippen LogP contribution >= 0.6 is 0 Å². The lowest BCUT2D eigenvalue weighted by Gasteiger charge is -2.30. The smallest absolute Gasteiger partial charge is 0.306 e. The second kappa shape index (κ2) is 12.4.